The van der Waals surface area contributed by atoms with Gasteiger partial charge in [-0.3, -0.25) is 14.5 Å². The first-order valence-corrected chi connectivity index (χ1v) is 12.3. The molecule has 1 aromatic carbocycles. The summed E-state index contributed by atoms with van der Waals surface area (Å²) >= 11 is 0.976. The van der Waals surface area contributed by atoms with Crippen LogP contribution in [0, 0.1) is 6.92 Å². The van der Waals surface area contributed by atoms with Crippen molar-refractivity contribution < 1.29 is 33.8 Å². The molecule has 0 bridgehead atoms. The molecule has 2 heterocycles. The summed E-state index contributed by atoms with van der Waals surface area (Å²) in [5.74, 6) is -2.43. The van der Waals surface area contributed by atoms with Gasteiger partial charge in [-0.05, 0) is 44.7 Å². The van der Waals surface area contributed by atoms with Crippen LogP contribution in [0.15, 0.2) is 30.3 Å². The summed E-state index contributed by atoms with van der Waals surface area (Å²) in [6.45, 7) is 6.19. The number of piperidine rings is 1. The molecule has 1 saturated heterocycles. The van der Waals surface area contributed by atoms with E-state index in [1.807, 2.05) is 35.2 Å². The maximum Gasteiger partial charge on any atom is 0.348 e. The van der Waals surface area contributed by atoms with E-state index in [0.29, 0.717) is 31.5 Å². The summed E-state index contributed by atoms with van der Waals surface area (Å²) in [6.07, 6.45) is 0.748. The summed E-state index contributed by atoms with van der Waals surface area (Å²) in [4.78, 5) is 52.0. The zero-order valence-corrected chi connectivity index (χ0v) is 20.9. The molecule has 0 atom stereocenters. The van der Waals surface area contributed by atoms with Gasteiger partial charge in [0.1, 0.15) is 9.88 Å². The lowest BCUT2D eigenvalue weighted by molar-refractivity contribution is -0.146. The number of anilines is 1. The van der Waals surface area contributed by atoms with Crippen molar-refractivity contribution in [3.8, 4) is 0 Å². The number of nitrogens with zero attached hydrogens (tertiary/aromatic N) is 1. The van der Waals surface area contributed by atoms with E-state index in [-0.39, 0.29) is 41.1 Å². The van der Waals surface area contributed by atoms with Gasteiger partial charge in [0.05, 0.1) is 30.7 Å². The molecular formula is C25H30N2O7S. The fourth-order valence-electron chi connectivity index (χ4n) is 4.29. The van der Waals surface area contributed by atoms with Crippen molar-refractivity contribution in [2.45, 2.75) is 39.0 Å². The molecule has 2 N–H and O–H groups in total. The predicted octanol–water partition coefficient (Wildman–Crippen LogP) is 3.47. The van der Waals surface area contributed by atoms with E-state index in [1.54, 1.807) is 20.8 Å². The van der Waals surface area contributed by atoms with Crippen LogP contribution in [-0.4, -0.2) is 66.7 Å². The SMILES string of the molecule is CCOC(=O)c1sc(NC(=O)CN2CCC(C(=O)O)(c3ccccc3)CC2)c(C(=O)OCC)c1C. The van der Waals surface area contributed by atoms with E-state index in [2.05, 4.69) is 5.32 Å². The first-order chi connectivity index (χ1) is 16.7. The van der Waals surface area contributed by atoms with E-state index < -0.39 is 23.3 Å². The number of amides is 1. The number of aliphatic carboxylic acids is 1. The Morgan fingerprint density at radius 3 is 2.20 bits per heavy atom. The smallest absolute Gasteiger partial charge is 0.348 e. The highest BCUT2D eigenvalue weighted by atomic mass is 32.1. The Hall–Kier alpha value is -3.24. The standard InChI is InChI=1S/C25H30N2O7S/c1-4-33-22(29)19-16(3)20(23(30)34-5-2)35-21(19)26-18(28)15-27-13-11-25(12-14-27,24(31)32)17-9-7-6-8-10-17/h6-10H,4-5,11-15H2,1-3H3,(H,26,28)(H,31,32). The summed E-state index contributed by atoms with van der Waals surface area (Å²) in [5, 5.41) is 12.9. The van der Waals surface area contributed by atoms with E-state index in [1.165, 1.54) is 0 Å². The van der Waals surface area contributed by atoms with Crippen LogP contribution < -0.4 is 5.32 Å². The van der Waals surface area contributed by atoms with Gasteiger partial charge in [-0.15, -0.1) is 11.3 Å². The van der Waals surface area contributed by atoms with E-state index >= 15 is 0 Å². The molecule has 0 radical (unpaired) electrons. The zero-order valence-electron chi connectivity index (χ0n) is 20.1. The minimum absolute atomic E-state index is 0.0262. The van der Waals surface area contributed by atoms with Gasteiger partial charge in [0.2, 0.25) is 5.91 Å². The molecule has 1 aliphatic heterocycles. The number of rotatable bonds is 9. The fourth-order valence-corrected chi connectivity index (χ4v) is 5.39. The number of hydrogen-bond donors (Lipinski definition) is 2. The summed E-state index contributed by atoms with van der Waals surface area (Å²) in [5.41, 5.74) is 0.316. The predicted molar refractivity (Wildman–Crippen MR) is 131 cm³/mol. The van der Waals surface area contributed by atoms with Gasteiger partial charge >= 0.3 is 17.9 Å². The number of benzene rings is 1. The lowest BCUT2D eigenvalue weighted by atomic mass is 9.73. The quantitative estimate of drug-likeness (QED) is 0.500. The van der Waals surface area contributed by atoms with Crippen LogP contribution in [0.5, 0.6) is 0 Å². The second kappa shape index (κ2) is 11.5. The number of carboxylic acids is 1. The first-order valence-electron chi connectivity index (χ1n) is 11.5. The number of carboxylic acid groups (broad SMARTS) is 1. The van der Waals surface area contributed by atoms with Crippen LogP contribution in [-0.2, 0) is 24.5 Å². The average molecular weight is 503 g/mol. The number of nitrogens with one attached hydrogen (secondary N) is 1. The third-order valence-electron chi connectivity index (χ3n) is 6.15. The summed E-state index contributed by atoms with van der Waals surface area (Å²) < 4.78 is 10.2. The number of carbonyl (C=O) groups is 4. The van der Waals surface area contributed by atoms with Gasteiger partial charge in [0.25, 0.3) is 0 Å². The normalized spacial score (nSPS) is 15.3. The molecule has 2 aromatic rings. The molecule has 0 unspecified atom stereocenters. The Balaban J connectivity index is 1.72. The Labute approximate surface area is 208 Å². The van der Waals surface area contributed by atoms with Gasteiger partial charge in [-0.2, -0.15) is 0 Å². The lowest BCUT2D eigenvalue weighted by Gasteiger charge is -2.38. The number of ether oxygens (including phenoxy) is 2. The number of esters is 2. The minimum atomic E-state index is -0.981. The zero-order chi connectivity index (χ0) is 25.6. The highest BCUT2D eigenvalue weighted by Crippen LogP contribution is 2.37. The second-order valence-corrected chi connectivity index (χ2v) is 9.30. The maximum atomic E-state index is 12.9. The highest BCUT2D eigenvalue weighted by molar-refractivity contribution is 7.18. The molecule has 0 aliphatic carbocycles. The molecule has 0 saturated carbocycles. The Bertz CT molecular complexity index is 1090. The molecule has 35 heavy (non-hydrogen) atoms. The Morgan fingerprint density at radius 1 is 1.03 bits per heavy atom. The van der Waals surface area contributed by atoms with E-state index in [9.17, 15) is 24.3 Å². The topological polar surface area (TPSA) is 122 Å². The van der Waals surface area contributed by atoms with Crippen molar-refractivity contribution in [3.63, 3.8) is 0 Å². The van der Waals surface area contributed by atoms with Crippen molar-refractivity contribution in [3.05, 3.63) is 51.9 Å². The van der Waals surface area contributed by atoms with Crippen molar-refractivity contribution in [2.75, 3.05) is 38.2 Å². The van der Waals surface area contributed by atoms with Gasteiger partial charge < -0.3 is 19.9 Å². The van der Waals surface area contributed by atoms with Crippen LogP contribution in [0.3, 0.4) is 0 Å². The molecule has 3 rings (SSSR count). The number of thiophene rings is 1. The Morgan fingerprint density at radius 2 is 1.63 bits per heavy atom. The van der Waals surface area contributed by atoms with Crippen LogP contribution in [0.1, 0.15) is 57.8 Å². The minimum Gasteiger partial charge on any atom is -0.481 e. The van der Waals surface area contributed by atoms with Crippen molar-refractivity contribution in [2.24, 2.45) is 0 Å². The van der Waals surface area contributed by atoms with Crippen LogP contribution in [0.25, 0.3) is 0 Å². The molecule has 10 heteroatoms. The molecule has 1 fully saturated rings. The molecular weight excluding hydrogens is 472 g/mol. The third-order valence-corrected chi connectivity index (χ3v) is 7.34. The number of carbonyl (C=O) groups excluding carboxylic acids is 3. The van der Waals surface area contributed by atoms with Gasteiger partial charge in [-0.25, -0.2) is 9.59 Å². The van der Waals surface area contributed by atoms with Crippen molar-refractivity contribution >= 4 is 40.2 Å². The Kier molecular flexibility index (Phi) is 8.63. The van der Waals surface area contributed by atoms with Gasteiger partial charge in [-0.1, -0.05) is 30.3 Å². The van der Waals surface area contributed by atoms with Crippen LogP contribution in [0.2, 0.25) is 0 Å². The number of likely N-dealkylation sites (tertiary alicyclic amines) is 1. The summed E-state index contributed by atoms with van der Waals surface area (Å²) in [6, 6.07) is 9.16. The van der Waals surface area contributed by atoms with E-state index in [0.717, 1.165) is 16.9 Å². The average Bonchev–Trinajstić information content (AvgIpc) is 3.16. The van der Waals surface area contributed by atoms with Gasteiger partial charge in [0, 0.05) is 13.1 Å². The maximum absolute atomic E-state index is 12.9. The first kappa shape index (κ1) is 26.4. The molecule has 0 spiro atoms. The summed E-state index contributed by atoms with van der Waals surface area (Å²) in [7, 11) is 0. The van der Waals surface area contributed by atoms with Crippen molar-refractivity contribution in [1.29, 1.82) is 0 Å². The molecule has 188 valence electrons. The number of hydrogen-bond acceptors (Lipinski definition) is 8. The van der Waals surface area contributed by atoms with Gasteiger partial charge in [0.15, 0.2) is 0 Å². The van der Waals surface area contributed by atoms with Crippen molar-refractivity contribution in [1.82, 2.24) is 4.90 Å². The van der Waals surface area contributed by atoms with Crippen LogP contribution >= 0.6 is 11.3 Å². The monoisotopic (exact) mass is 502 g/mol. The largest absolute Gasteiger partial charge is 0.481 e. The highest BCUT2D eigenvalue weighted by Gasteiger charge is 2.43. The molecule has 9 nitrogen and oxygen atoms in total. The second-order valence-electron chi connectivity index (χ2n) is 8.28. The third kappa shape index (κ3) is 5.71. The fraction of sp³-hybridized carbons (Fsp3) is 0.440. The molecule has 1 amide bonds. The van der Waals surface area contributed by atoms with Crippen LogP contribution in [0.4, 0.5) is 5.00 Å². The lowest BCUT2D eigenvalue weighted by Crippen LogP contribution is -2.49. The molecule has 1 aromatic heterocycles. The van der Waals surface area contributed by atoms with E-state index in [4.69, 9.17) is 9.47 Å². The molecule has 1 aliphatic rings.